The van der Waals surface area contributed by atoms with E-state index in [-0.39, 0.29) is 5.91 Å². The molecule has 0 radical (unpaired) electrons. The number of aromatic nitrogens is 1. The molecule has 0 aliphatic carbocycles. The highest BCUT2D eigenvalue weighted by molar-refractivity contribution is 5.89. The molecule has 0 saturated heterocycles. The van der Waals surface area contributed by atoms with Crippen LogP contribution in [-0.2, 0) is 4.79 Å². The van der Waals surface area contributed by atoms with Crippen molar-refractivity contribution in [2.45, 2.75) is 20.8 Å². The number of pyridine rings is 1. The first-order chi connectivity index (χ1) is 5.61. The zero-order chi connectivity index (χ0) is 9.14. The third-order valence-corrected chi connectivity index (χ3v) is 1.78. The van der Waals surface area contributed by atoms with Crippen molar-refractivity contribution in [2.24, 2.45) is 0 Å². The molecule has 12 heavy (non-hydrogen) atoms. The number of nitrogens with one attached hydrogen (secondary N) is 1. The number of hydrogen-bond donors (Lipinski definition) is 1. The fraction of sp³-hybridized carbons (Fsp3) is 0.333. The summed E-state index contributed by atoms with van der Waals surface area (Å²) in [7, 11) is 0. The van der Waals surface area contributed by atoms with Gasteiger partial charge in [-0.3, -0.25) is 9.78 Å². The largest absolute Gasteiger partial charge is 0.325 e. The molecule has 0 bridgehead atoms. The molecule has 1 aromatic rings. The van der Waals surface area contributed by atoms with Crippen LogP contribution in [0.2, 0.25) is 0 Å². The number of carbonyl (C=O) groups is 1. The van der Waals surface area contributed by atoms with Crippen LogP contribution >= 0.6 is 0 Å². The molecule has 1 heterocycles. The Morgan fingerprint density at radius 2 is 2.08 bits per heavy atom. The third kappa shape index (κ3) is 1.81. The summed E-state index contributed by atoms with van der Waals surface area (Å²) in [5.74, 6) is -0.0644. The summed E-state index contributed by atoms with van der Waals surface area (Å²) in [5, 5.41) is 2.71. The van der Waals surface area contributed by atoms with Crippen molar-refractivity contribution in [2.75, 3.05) is 5.32 Å². The Labute approximate surface area is 71.8 Å². The van der Waals surface area contributed by atoms with Crippen molar-refractivity contribution >= 4 is 11.6 Å². The van der Waals surface area contributed by atoms with E-state index in [0.29, 0.717) is 0 Å². The molecular weight excluding hydrogens is 152 g/mol. The number of nitrogens with zero attached hydrogens (tertiary/aromatic N) is 1. The van der Waals surface area contributed by atoms with Crippen molar-refractivity contribution in [3.63, 3.8) is 0 Å². The summed E-state index contributed by atoms with van der Waals surface area (Å²) in [6.45, 7) is 5.41. The van der Waals surface area contributed by atoms with Crippen LogP contribution in [0.4, 0.5) is 5.69 Å². The van der Waals surface area contributed by atoms with Gasteiger partial charge in [-0.2, -0.15) is 0 Å². The van der Waals surface area contributed by atoms with Gasteiger partial charge in [0.05, 0.1) is 11.9 Å². The lowest BCUT2D eigenvalue weighted by molar-refractivity contribution is -0.114. The minimum atomic E-state index is -0.0644. The molecule has 0 atom stereocenters. The topological polar surface area (TPSA) is 42.0 Å². The normalized spacial score (nSPS) is 9.58. The molecule has 0 unspecified atom stereocenters. The van der Waals surface area contributed by atoms with Gasteiger partial charge >= 0.3 is 0 Å². The lowest BCUT2D eigenvalue weighted by atomic mass is 10.1. The van der Waals surface area contributed by atoms with E-state index >= 15 is 0 Å². The smallest absolute Gasteiger partial charge is 0.221 e. The van der Waals surface area contributed by atoms with Gasteiger partial charge in [-0.15, -0.1) is 0 Å². The molecule has 0 fully saturated rings. The van der Waals surface area contributed by atoms with Crippen LogP contribution in [0, 0.1) is 13.8 Å². The summed E-state index contributed by atoms with van der Waals surface area (Å²) in [5.41, 5.74) is 2.95. The fourth-order valence-electron chi connectivity index (χ4n) is 0.945. The van der Waals surface area contributed by atoms with Gasteiger partial charge in [-0.05, 0) is 25.0 Å². The molecule has 1 amide bonds. The lowest BCUT2D eigenvalue weighted by Gasteiger charge is -2.06. The van der Waals surface area contributed by atoms with Crippen molar-refractivity contribution in [1.82, 2.24) is 4.98 Å². The van der Waals surface area contributed by atoms with Gasteiger partial charge in [0.1, 0.15) is 0 Å². The SMILES string of the molecule is CC(=O)Nc1cncc(C)c1C. The second-order valence-electron chi connectivity index (χ2n) is 2.81. The van der Waals surface area contributed by atoms with Gasteiger partial charge in [0.25, 0.3) is 0 Å². The maximum Gasteiger partial charge on any atom is 0.221 e. The van der Waals surface area contributed by atoms with Crippen LogP contribution < -0.4 is 5.32 Å². The maximum atomic E-state index is 10.7. The molecule has 64 valence electrons. The van der Waals surface area contributed by atoms with Crippen LogP contribution in [-0.4, -0.2) is 10.9 Å². The Morgan fingerprint density at radius 3 is 2.67 bits per heavy atom. The Balaban J connectivity index is 3.00. The predicted octanol–water partition coefficient (Wildman–Crippen LogP) is 1.66. The molecule has 3 heteroatoms. The number of hydrogen-bond acceptors (Lipinski definition) is 2. The molecule has 1 N–H and O–H groups in total. The van der Waals surface area contributed by atoms with E-state index < -0.39 is 0 Å². The highest BCUT2D eigenvalue weighted by Gasteiger charge is 2.01. The minimum absolute atomic E-state index is 0.0644. The van der Waals surface area contributed by atoms with Gasteiger partial charge in [0.2, 0.25) is 5.91 Å². The third-order valence-electron chi connectivity index (χ3n) is 1.78. The summed E-state index contributed by atoms with van der Waals surface area (Å²) < 4.78 is 0. The highest BCUT2D eigenvalue weighted by atomic mass is 16.1. The summed E-state index contributed by atoms with van der Waals surface area (Å²) in [4.78, 5) is 14.7. The second-order valence-corrected chi connectivity index (χ2v) is 2.81. The zero-order valence-corrected chi connectivity index (χ0v) is 7.51. The number of anilines is 1. The Bertz CT molecular complexity index is 307. The van der Waals surface area contributed by atoms with Crippen LogP contribution in [0.3, 0.4) is 0 Å². The van der Waals surface area contributed by atoms with E-state index in [4.69, 9.17) is 0 Å². The maximum absolute atomic E-state index is 10.7. The Hall–Kier alpha value is -1.38. The number of aryl methyl sites for hydroxylation is 1. The molecule has 1 aromatic heterocycles. The van der Waals surface area contributed by atoms with Gasteiger partial charge in [-0.1, -0.05) is 0 Å². The summed E-state index contributed by atoms with van der Waals surface area (Å²) in [6.07, 6.45) is 3.43. The van der Waals surface area contributed by atoms with Crippen molar-refractivity contribution in [1.29, 1.82) is 0 Å². The van der Waals surface area contributed by atoms with E-state index in [1.54, 1.807) is 12.4 Å². The van der Waals surface area contributed by atoms with E-state index in [9.17, 15) is 4.79 Å². The molecule has 1 rings (SSSR count). The minimum Gasteiger partial charge on any atom is -0.325 e. The lowest BCUT2D eigenvalue weighted by Crippen LogP contribution is -2.07. The highest BCUT2D eigenvalue weighted by Crippen LogP contribution is 2.15. The van der Waals surface area contributed by atoms with Crippen molar-refractivity contribution < 1.29 is 4.79 Å². The molecule has 0 aliphatic rings. The fourth-order valence-corrected chi connectivity index (χ4v) is 0.945. The van der Waals surface area contributed by atoms with Crippen LogP contribution in [0.15, 0.2) is 12.4 Å². The standard InChI is InChI=1S/C9H12N2O/c1-6-4-10-5-9(7(6)2)11-8(3)12/h4-5H,1-3H3,(H,11,12). The van der Waals surface area contributed by atoms with Gasteiger partial charge in [-0.25, -0.2) is 0 Å². The Morgan fingerprint density at radius 1 is 1.42 bits per heavy atom. The first kappa shape index (κ1) is 8.71. The molecule has 0 spiro atoms. The monoisotopic (exact) mass is 164 g/mol. The Kier molecular flexibility index (Phi) is 2.43. The number of carbonyl (C=O) groups excluding carboxylic acids is 1. The first-order valence-corrected chi connectivity index (χ1v) is 3.80. The van der Waals surface area contributed by atoms with Crippen molar-refractivity contribution in [3.05, 3.63) is 23.5 Å². The molecular formula is C9H12N2O. The zero-order valence-electron chi connectivity index (χ0n) is 7.51. The average Bonchev–Trinajstić information content (AvgIpc) is 1.98. The molecule has 0 aliphatic heterocycles. The van der Waals surface area contributed by atoms with Gasteiger partial charge < -0.3 is 5.32 Å². The molecule has 0 aromatic carbocycles. The second kappa shape index (κ2) is 3.34. The van der Waals surface area contributed by atoms with Crippen LogP contribution in [0.5, 0.6) is 0 Å². The number of rotatable bonds is 1. The van der Waals surface area contributed by atoms with Crippen molar-refractivity contribution in [3.8, 4) is 0 Å². The van der Waals surface area contributed by atoms with Crippen LogP contribution in [0.25, 0.3) is 0 Å². The van der Waals surface area contributed by atoms with E-state index in [0.717, 1.165) is 16.8 Å². The average molecular weight is 164 g/mol. The van der Waals surface area contributed by atoms with E-state index in [2.05, 4.69) is 10.3 Å². The molecule has 0 saturated carbocycles. The quantitative estimate of drug-likeness (QED) is 0.685. The van der Waals surface area contributed by atoms with Gasteiger partial charge in [0.15, 0.2) is 0 Å². The van der Waals surface area contributed by atoms with Crippen LogP contribution in [0.1, 0.15) is 18.1 Å². The predicted molar refractivity (Wildman–Crippen MR) is 48.0 cm³/mol. The summed E-state index contributed by atoms with van der Waals surface area (Å²) in [6, 6.07) is 0. The number of amides is 1. The van der Waals surface area contributed by atoms with E-state index in [1.165, 1.54) is 6.92 Å². The van der Waals surface area contributed by atoms with Gasteiger partial charge in [0, 0.05) is 13.1 Å². The first-order valence-electron chi connectivity index (χ1n) is 3.80. The summed E-state index contributed by atoms with van der Waals surface area (Å²) >= 11 is 0. The molecule has 3 nitrogen and oxygen atoms in total. The van der Waals surface area contributed by atoms with E-state index in [1.807, 2.05) is 13.8 Å².